The minimum absolute atomic E-state index is 0.0119. The van der Waals surface area contributed by atoms with Gasteiger partial charge < -0.3 is 41.6 Å². The van der Waals surface area contributed by atoms with Crippen molar-refractivity contribution in [3.8, 4) is 22.6 Å². The molecule has 8 N–H and O–H groups in total. The van der Waals surface area contributed by atoms with Crippen LogP contribution in [0.5, 0.6) is 11.5 Å². The van der Waals surface area contributed by atoms with Crippen LogP contribution in [0.15, 0.2) is 114 Å². The largest absolute Gasteiger partial charge is 0.497 e. The smallest absolute Gasteiger partial charge is 0.492 e. The number of carbonyl (C=O) groups is 4. The molecule has 6 rings (SSSR count). The molecule has 0 aliphatic carbocycles. The fourth-order valence-corrected chi connectivity index (χ4v) is 6.34. The number of hydrogen-bond acceptors (Lipinski definition) is 8. The van der Waals surface area contributed by atoms with Gasteiger partial charge in [-0.3, -0.25) is 19.2 Å². The Morgan fingerprint density at radius 3 is 1.43 bits per heavy atom. The number of benzene rings is 6. The number of nitrogens with one attached hydrogen (secondary N) is 2. The number of amides is 4. The van der Waals surface area contributed by atoms with E-state index in [1.165, 1.54) is 32.4 Å². The molecule has 0 aliphatic rings. The summed E-state index contributed by atoms with van der Waals surface area (Å²) in [6.07, 6.45) is -9.24. The molecule has 356 valence electrons. The van der Waals surface area contributed by atoms with E-state index in [1.807, 2.05) is 0 Å². The van der Waals surface area contributed by atoms with E-state index in [2.05, 4.69) is 26.6 Å². The Kier molecular flexibility index (Phi) is 17.5. The lowest BCUT2D eigenvalue weighted by atomic mass is 9.79. The van der Waals surface area contributed by atoms with Crippen LogP contribution >= 0.6 is 15.9 Å². The van der Waals surface area contributed by atoms with E-state index in [4.69, 9.17) is 31.0 Å². The summed E-state index contributed by atoms with van der Waals surface area (Å²) in [5.41, 5.74) is 7.06. The summed E-state index contributed by atoms with van der Waals surface area (Å²) in [5, 5.41) is 22.3. The summed E-state index contributed by atoms with van der Waals surface area (Å²) in [5.74, 6) is -6.55. The quantitative estimate of drug-likeness (QED) is 0.0579. The first kappa shape index (κ1) is 53.2. The molecule has 6 aromatic carbocycles. The molecule has 0 saturated carbocycles. The van der Waals surface area contributed by atoms with Gasteiger partial charge in [0.05, 0.1) is 42.0 Å². The van der Waals surface area contributed by atoms with Gasteiger partial charge in [0, 0.05) is 44.6 Å². The highest BCUT2D eigenvalue weighted by Crippen LogP contribution is 2.38. The first-order valence-electron chi connectivity index (χ1n) is 18.7. The third-order valence-electron chi connectivity index (χ3n) is 9.04. The summed E-state index contributed by atoms with van der Waals surface area (Å²) in [7, 11) is 0.899. The van der Waals surface area contributed by atoms with Gasteiger partial charge in [0.1, 0.15) is 34.8 Å². The number of halogens is 11. The molecule has 0 saturated heterocycles. The van der Waals surface area contributed by atoms with Crippen LogP contribution in [-0.4, -0.2) is 55.0 Å². The topological polar surface area (TPSA) is 203 Å². The maximum atomic E-state index is 13.7. The highest BCUT2D eigenvalue weighted by atomic mass is 79.9. The van der Waals surface area contributed by atoms with E-state index < -0.39 is 88.6 Å². The molecule has 0 fully saturated rings. The Bertz CT molecular complexity index is 2870. The number of primary amides is 2. The van der Waals surface area contributed by atoms with Crippen LogP contribution < -0.4 is 37.0 Å². The number of ether oxygens (including phenoxy) is 2. The number of carbonyl (C=O) groups excluding carboxylic acids is 4. The average Bonchev–Trinajstić information content (AvgIpc) is 3.26. The fourth-order valence-electron chi connectivity index (χ4n) is 5.78. The number of hydrogen-bond donors (Lipinski definition) is 6. The molecule has 68 heavy (non-hydrogen) atoms. The number of rotatable bonds is 10. The van der Waals surface area contributed by atoms with Crippen molar-refractivity contribution in [3.63, 3.8) is 0 Å². The van der Waals surface area contributed by atoms with E-state index >= 15 is 0 Å². The zero-order valence-corrected chi connectivity index (χ0v) is 36.2. The lowest BCUT2D eigenvalue weighted by molar-refractivity contribution is -0.138. The van der Waals surface area contributed by atoms with Gasteiger partial charge in [0.25, 0.3) is 23.6 Å². The van der Waals surface area contributed by atoms with Gasteiger partial charge in [-0.05, 0) is 112 Å². The summed E-state index contributed by atoms with van der Waals surface area (Å²) in [6.45, 7) is 0. The second-order valence-corrected chi connectivity index (χ2v) is 14.4. The van der Waals surface area contributed by atoms with Gasteiger partial charge in [-0.1, -0.05) is 6.07 Å². The summed E-state index contributed by atoms with van der Waals surface area (Å²) in [4.78, 5) is 47.4. The summed E-state index contributed by atoms with van der Waals surface area (Å²) in [6, 6.07) is 17.8. The van der Waals surface area contributed by atoms with E-state index in [0.717, 1.165) is 84.9 Å². The van der Waals surface area contributed by atoms with Crippen molar-refractivity contribution >= 4 is 63.5 Å². The lowest BCUT2D eigenvalue weighted by Gasteiger charge is -2.16. The SMILES string of the molecule is COc1cc(F)ccc1-c1cc(C(F)(F)F)ccc1C(=O)Nc1ccc(F)c(C(N)=O)c1.COc1cc(F)ccc1B(O)O.NC(=O)c1cc(NC(=O)c2ccc(C(F)(F)F)cc2Br)ccc1F. The normalized spacial score (nSPS) is 10.9. The molecule has 12 nitrogen and oxygen atoms in total. The zero-order chi connectivity index (χ0) is 50.8. The maximum Gasteiger partial charge on any atom is 0.492 e. The maximum absolute atomic E-state index is 13.7. The van der Waals surface area contributed by atoms with Crippen molar-refractivity contribution in [1.29, 1.82) is 0 Å². The Morgan fingerprint density at radius 2 is 0.985 bits per heavy atom. The predicted molar refractivity (Wildman–Crippen MR) is 231 cm³/mol. The van der Waals surface area contributed by atoms with E-state index in [9.17, 15) is 63.1 Å². The lowest BCUT2D eigenvalue weighted by Crippen LogP contribution is -2.31. The summed E-state index contributed by atoms with van der Waals surface area (Å²) < 4.78 is 141. The molecule has 0 spiro atoms. The van der Waals surface area contributed by atoms with Gasteiger partial charge in [-0.15, -0.1) is 0 Å². The first-order valence-corrected chi connectivity index (χ1v) is 19.5. The monoisotopic (exact) mass is 1020 g/mol. The molecule has 0 aliphatic heterocycles. The molecular formula is C44H32BBrF10N4O8. The number of alkyl halides is 6. The van der Waals surface area contributed by atoms with E-state index in [1.54, 1.807) is 0 Å². The van der Waals surface area contributed by atoms with Crippen molar-refractivity contribution in [2.75, 3.05) is 24.9 Å². The van der Waals surface area contributed by atoms with Crippen LogP contribution in [0, 0.1) is 23.3 Å². The van der Waals surface area contributed by atoms with Gasteiger partial charge in [-0.25, -0.2) is 17.6 Å². The van der Waals surface area contributed by atoms with Crippen LogP contribution in [0.1, 0.15) is 52.6 Å². The molecule has 0 bridgehead atoms. The van der Waals surface area contributed by atoms with Crippen molar-refractivity contribution in [2.24, 2.45) is 11.5 Å². The van der Waals surface area contributed by atoms with Crippen LogP contribution in [0.2, 0.25) is 0 Å². The Balaban J connectivity index is 0.000000245. The Morgan fingerprint density at radius 1 is 0.544 bits per heavy atom. The predicted octanol–water partition coefficient (Wildman–Crippen LogP) is 8.48. The third kappa shape index (κ3) is 13.8. The molecule has 0 unspecified atom stereocenters. The van der Waals surface area contributed by atoms with E-state index in [-0.39, 0.29) is 55.1 Å². The highest BCUT2D eigenvalue weighted by Gasteiger charge is 2.33. The third-order valence-corrected chi connectivity index (χ3v) is 9.70. The minimum atomic E-state index is -4.70. The van der Waals surface area contributed by atoms with Crippen molar-refractivity contribution in [2.45, 2.75) is 12.4 Å². The second kappa shape index (κ2) is 22.4. The average molecular weight is 1030 g/mol. The molecule has 0 radical (unpaired) electrons. The van der Waals surface area contributed by atoms with E-state index in [0.29, 0.717) is 6.07 Å². The molecular weight excluding hydrogens is 993 g/mol. The van der Waals surface area contributed by atoms with Crippen LogP contribution in [-0.2, 0) is 12.4 Å². The number of nitrogens with two attached hydrogens (primary N) is 2. The van der Waals surface area contributed by atoms with Crippen molar-refractivity contribution < 1.29 is 82.6 Å². The molecule has 0 heterocycles. The second-order valence-electron chi connectivity index (χ2n) is 13.6. The van der Waals surface area contributed by atoms with Crippen LogP contribution in [0.3, 0.4) is 0 Å². The Hall–Kier alpha value is -7.44. The van der Waals surface area contributed by atoms with Crippen molar-refractivity contribution in [1.82, 2.24) is 0 Å². The molecule has 6 aromatic rings. The van der Waals surface area contributed by atoms with Gasteiger partial charge in [0.2, 0.25) is 0 Å². The standard InChI is InChI=1S/C22H15F5N2O3.C15H9BrF4N2O2.C7H8BFO3/c1-32-19-9-12(23)3-6-14(19)16-8-11(22(25,26)27)2-5-15(16)21(31)29-13-4-7-18(24)17(10-13)20(28)30;16-11-5-7(15(18,19)20)1-3-9(11)14(24)22-8-2-4-12(17)10(6-8)13(21)23;1-12-7-4-5(9)2-3-6(7)8(10)11/h2-10H,1H3,(H2,28,30)(H,29,31);1-6H,(H2,21,23)(H,22,24);2-4,10-11H,1H3. The van der Waals surface area contributed by atoms with Crippen molar-refractivity contribution in [3.05, 3.63) is 170 Å². The van der Waals surface area contributed by atoms with Crippen LogP contribution in [0.4, 0.5) is 55.3 Å². The Labute approximate surface area is 386 Å². The molecule has 24 heteroatoms. The number of anilines is 2. The van der Waals surface area contributed by atoms with Gasteiger partial charge >= 0.3 is 19.5 Å². The highest BCUT2D eigenvalue weighted by molar-refractivity contribution is 9.10. The first-order chi connectivity index (χ1) is 31.7. The fraction of sp³-hybridized carbons (Fsp3) is 0.0909. The molecule has 4 amide bonds. The van der Waals surface area contributed by atoms with Gasteiger partial charge in [-0.2, -0.15) is 26.3 Å². The molecule has 0 atom stereocenters. The summed E-state index contributed by atoms with van der Waals surface area (Å²) >= 11 is 2.91. The van der Waals surface area contributed by atoms with Crippen LogP contribution in [0.25, 0.3) is 11.1 Å². The zero-order valence-electron chi connectivity index (χ0n) is 34.6. The number of methoxy groups -OCH3 is 2. The minimum Gasteiger partial charge on any atom is -0.497 e. The molecule has 0 aromatic heterocycles. The van der Waals surface area contributed by atoms with Gasteiger partial charge in [0.15, 0.2) is 0 Å².